The predicted molar refractivity (Wildman–Crippen MR) is 164 cm³/mol. The molecule has 0 bridgehead atoms. The van der Waals surface area contributed by atoms with E-state index in [1.165, 1.54) is 44.4 Å². The fourth-order valence-electron chi connectivity index (χ4n) is 6.35. The molecule has 0 saturated carbocycles. The van der Waals surface area contributed by atoms with E-state index in [-0.39, 0.29) is 34.8 Å². The van der Waals surface area contributed by atoms with E-state index in [0.717, 1.165) is 23.6 Å². The van der Waals surface area contributed by atoms with Crippen LogP contribution in [0.25, 0.3) is 16.8 Å². The molecule has 2 atom stereocenters. The van der Waals surface area contributed by atoms with Gasteiger partial charge in [0.15, 0.2) is 0 Å². The van der Waals surface area contributed by atoms with Crippen LogP contribution in [0.5, 0.6) is 5.75 Å². The zero-order valence-corrected chi connectivity index (χ0v) is 27.2. The number of ether oxygens (including phenoxy) is 3. The number of hydrogen-bond donors (Lipinski definition) is 0. The largest absolute Gasteiger partial charge is 0.495 e. The van der Waals surface area contributed by atoms with Crippen LogP contribution in [-0.4, -0.2) is 48.8 Å². The standard InChI is InChI=1S/C35H33F7N2O5/c1-18-30(20-10-22(34(37,38)39)13-23(11-20)35(40,41)42)49-32(46)44(18)17-21-15-33(2,3)9-8-24(21)26-14-28(43-16-29(26)47-4)25-7-6-19(12-27(25)36)31(45)48-5/h6-7,10-14,16,18,30H,8-9,15,17H2,1-5H3/t18-,30-/m0/s1. The third-order valence-corrected chi connectivity index (χ3v) is 8.94. The molecule has 14 heteroatoms. The first-order valence-electron chi connectivity index (χ1n) is 15.2. The van der Waals surface area contributed by atoms with Crippen LogP contribution in [0.1, 0.15) is 78.7 Å². The first-order chi connectivity index (χ1) is 22.8. The zero-order chi connectivity index (χ0) is 36.1. The molecule has 0 unspecified atom stereocenters. The quantitative estimate of drug-likeness (QED) is 0.181. The van der Waals surface area contributed by atoms with Crippen molar-refractivity contribution >= 4 is 17.6 Å². The Morgan fingerprint density at radius 1 is 1.00 bits per heavy atom. The molecule has 2 aliphatic rings. The number of alkyl halides is 6. The van der Waals surface area contributed by atoms with Gasteiger partial charge in [-0.05, 0) is 90.8 Å². The highest BCUT2D eigenvalue weighted by Crippen LogP contribution is 2.47. The first-order valence-corrected chi connectivity index (χ1v) is 15.2. The second-order valence-corrected chi connectivity index (χ2v) is 12.9. The summed E-state index contributed by atoms with van der Waals surface area (Å²) in [6.07, 6.45) is -9.29. The van der Waals surface area contributed by atoms with Gasteiger partial charge in [-0.15, -0.1) is 0 Å². The molecule has 1 aliphatic carbocycles. The van der Waals surface area contributed by atoms with Gasteiger partial charge in [0.25, 0.3) is 0 Å². The van der Waals surface area contributed by atoms with E-state index in [4.69, 9.17) is 9.47 Å². The minimum Gasteiger partial charge on any atom is -0.495 e. The Morgan fingerprint density at radius 3 is 2.22 bits per heavy atom. The molecular formula is C35H33F7N2O5. The average Bonchev–Trinajstić information content (AvgIpc) is 3.31. The van der Waals surface area contributed by atoms with Crippen LogP contribution in [0.2, 0.25) is 0 Å². The minimum absolute atomic E-state index is 0.0154. The van der Waals surface area contributed by atoms with Gasteiger partial charge < -0.3 is 14.2 Å². The van der Waals surface area contributed by atoms with Gasteiger partial charge >= 0.3 is 24.4 Å². The van der Waals surface area contributed by atoms with Crippen LogP contribution in [0, 0.1) is 11.2 Å². The second kappa shape index (κ2) is 13.0. The van der Waals surface area contributed by atoms with E-state index in [2.05, 4.69) is 9.72 Å². The van der Waals surface area contributed by atoms with Crippen molar-refractivity contribution in [1.82, 2.24) is 9.88 Å². The number of amides is 1. The van der Waals surface area contributed by atoms with Crippen LogP contribution < -0.4 is 4.74 Å². The fraction of sp³-hybridized carbons (Fsp3) is 0.400. The van der Waals surface area contributed by atoms with E-state index < -0.39 is 59.1 Å². The van der Waals surface area contributed by atoms with Crippen molar-refractivity contribution in [2.45, 2.75) is 64.5 Å². The van der Waals surface area contributed by atoms with Gasteiger partial charge in [0.05, 0.1) is 48.8 Å². The number of methoxy groups -OCH3 is 2. The van der Waals surface area contributed by atoms with Crippen molar-refractivity contribution in [2.24, 2.45) is 5.41 Å². The smallest absolute Gasteiger partial charge is 0.416 e. The molecule has 1 aromatic heterocycles. The number of carbonyl (C=O) groups is 2. The van der Waals surface area contributed by atoms with Gasteiger partial charge in [0.2, 0.25) is 0 Å². The molecule has 0 N–H and O–H groups in total. The predicted octanol–water partition coefficient (Wildman–Crippen LogP) is 9.27. The van der Waals surface area contributed by atoms with Gasteiger partial charge in [-0.2, -0.15) is 26.3 Å². The third kappa shape index (κ3) is 7.37. The topological polar surface area (TPSA) is 78.0 Å². The molecule has 1 saturated heterocycles. The zero-order valence-electron chi connectivity index (χ0n) is 27.2. The average molecular weight is 695 g/mol. The van der Waals surface area contributed by atoms with E-state index in [9.17, 15) is 35.9 Å². The number of rotatable bonds is 7. The Morgan fingerprint density at radius 2 is 1.65 bits per heavy atom. The summed E-state index contributed by atoms with van der Waals surface area (Å²) in [7, 11) is 2.62. The van der Waals surface area contributed by atoms with Crippen molar-refractivity contribution in [3.8, 4) is 17.0 Å². The van der Waals surface area contributed by atoms with Crippen molar-refractivity contribution < 1.29 is 54.5 Å². The van der Waals surface area contributed by atoms with Gasteiger partial charge in [-0.25, -0.2) is 14.0 Å². The van der Waals surface area contributed by atoms with Crippen molar-refractivity contribution in [2.75, 3.05) is 20.8 Å². The molecule has 262 valence electrons. The molecule has 0 radical (unpaired) electrons. The molecule has 2 aromatic carbocycles. The molecule has 49 heavy (non-hydrogen) atoms. The van der Waals surface area contributed by atoms with Crippen LogP contribution >= 0.6 is 0 Å². The van der Waals surface area contributed by atoms with Crippen LogP contribution in [0.15, 0.2) is 54.2 Å². The molecule has 1 fully saturated rings. The Kier molecular flexibility index (Phi) is 9.48. The molecular weight excluding hydrogens is 661 g/mol. The van der Waals surface area contributed by atoms with Crippen LogP contribution in [0.3, 0.4) is 0 Å². The lowest BCUT2D eigenvalue weighted by Gasteiger charge is -2.36. The molecule has 0 spiro atoms. The normalized spacial score (nSPS) is 19.6. The Labute approximate surface area is 277 Å². The number of cyclic esters (lactones) is 1. The molecule has 5 rings (SSSR count). The van der Waals surface area contributed by atoms with Crippen molar-refractivity contribution in [3.63, 3.8) is 0 Å². The number of esters is 1. The van der Waals surface area contributed by atoms with E-state index in [1.807, 2.05) is 13.8 Å². The lowest BCUT2D eigenvalue weighted by molar-refractivity contribution is -0.143. The molecule has 2 heterocycles. The Bertz CT molecular complexity index is 1780. The second-order valence-electron chi connectivity index (χ2n) is 12.9. The van der Waals surface area contributed by atoms with E-state index in [1.54, 1.807) is 6.07 Å². The monoisotopic (exact) mass is 694 g/mol. The summed E-state index contributed by atoms with van der Waals surface area (Å²) >= 11 is 0. The number of benzene rings is 2. The molecule has 1 aliphatic heterocycles. The summed E-state index contributed by atoms with van der Waals surface area (Å²) in [6, 6.07) is 5.72. The summed E-state index contributed by atoms with van der Waals surface area (Å²) in [5, 5.41) is 0. The summed E-state index contributed by atoms with van der Waals surface area (Å²) in [5.74, 6) is -1.06. The number of aromatic nitrogens is 1. The van der Waals surface area contributed by atoms with Gasteiger partial charge in [0.1, 0.15) is 17.7 Å². The highest BCUT2D eigenvalue weighted by Gasteiger charge is 2.44. The number of pyridine rings is 1. The molecule has 3 aromatic rings. The van der Waals surface area contributed by atoms with Gasteiger partial charge in [-0.3, -0.25) is 9.88 Å². The minimum atomic E-state index is -5.07. The van der Waals surface area contributed by atoms with Crippen LogP contribution in [-0.2, 0) is 21.8 Å². The maximum Gasteiger partial charge on any atom is 0.416 e. The maximum absolute atomic E-state index is 15.2. The Balaban J connectivity index is 1.54. The van der Waals surface area contributed by atoms with E-state index >= 15 is 4.39 Å². The fourth-order valence-corrected chi connectivity index (χ4v) is 6.35. The van der Waals surface area contributed by atoms with E-state index in [0.29, 0.717) is 36.3 Å². The SMILES string of the molecule is COC(=O)c1ccc(-c2cc(C3=C(CN4C(=O)O[C@H](c5cc(C(F)(F)F)cc(C(F)(F)F)c5)[C@@H]4C)CC(C)(C)CC3)c(OC)cn2)c(F)c1. The molecule has 7 nitrogen and oxygen atoms in total. The van der Waals surface area contributed by atoms with Crippen molar-refractivity contribution in [1.29, 1.82) is 0 Å². The maximum atomic E-state index is 15.2. The number of allylic oxidation sites excluding steroid dienone is 1. The third-order valence-electron chi connectivity index (χ3n) is 8.94. The first kappa shape index (κ1) is 35.7. The lowest BCUT2D eigenvalue weighted by atomic mass is 9.72. The number of hydrogen-bond acceptors (Lipinski definition) is 6. The number of carbonyl (C=O) groups excluding carboxylic acids is 2. The number of nitrogens with zero attached hydrogens (tertiary/aromatic N) is 2. The number of halogens is 7. The van der Waals surface area contributed by atoms with Crippen LogP contribution in [0.4, 0.5) is 35.5 Å². The summed E-state index contributed by atoms with van der Waals surface area (Å²) in [6.45, 7) is 5.53. The van der Waals surface area contributed by atoms with Crippen molar-refractivity contribution in [3.05, 3.63) is 87.9 Å². The summed E-state index contributed by atoms with van der Waals surface area (Å²) < 4.78 is 113. The van der Waals surface area contributed by atoms with Gasteiger partial charge in [-0.1, -0.05) is 13.8 Å². The molecule has 1 amide bonds. The van der Waals surface area contributed by atoms with Gasteiger partial charge in [0, 0.05) is 17.7 Å². The summed E-state index contributed by atoms with van der Waals surface area (Å²) in [5.41, 5.74) is -1.21. The Hall–Kier alpha value is -4.62. The highest BCUT2D eigenvalue weighted by molar-refractivity contribution is 5.90. The highest BCUT2D eigenvalue weighted by atomic mass is 19.4. The lowest BCUT2D eigenvalue weighted by Crippen LogP contribution is -2.35. The summed E-state index contributed by atoms with van der Waals surface area (Å²) in [4.78, 5) is 30.8.